The first-order valence-electron chi connectivity index (χ1n) is 6.28. The van der Waals surface area contributed by atoms with Crippen LogP contribution in [0.15, 0.2) is 0 Å². The van der Waals surface area contributed by atoms with Crippen LogP contribution < -0.4 is 0 Å². The maximum absolute atomic E-state index is 11.8. The lowest BCUT2D eigenvalue weighted by molar-refractivity contribution is -0.126. The first-order valence-corrected chi connectivity index (χ1v) is 6.28. The van der Waals surface area contributed by atoms with Crippen molar-refractivity contribution in [3.63, 3.8) is 0 Å². The molecule has 1 spiro atoms. The Morgan fingerprint density at radius 1 is 1.44 bits per heavy atom. The highest BCUT2D eigenvalue weighted by atomic mass is 16.5. The van der Waals surface area contributed by atoms with E-state index in [9.17, 15) is 4.79 Å². The molecule has 0 aromatic carbocycles. The lowest BCUT2D eigenvalue weighted by Crippen LogP contribution is -2.38. The number of ether oxygens (including phenoxy) is 1. The van der Waals surface area contributed by atoms with Crippen molar-refractivity contribution in [2.75, 3.05) is 13.2 Å². The fourth-order valence-electron chi connectivity index (χ4n) is 4.35. The van der Waals surface area contributed by atoms with E-state index in [1.807, 2.05) is 0 Å². The summed E-state index contributed by atoms with van der Waals surface area (Å²) in [5.74, 6) is 3.41. The molecule has 3 rings (SSSR count). The monoisotopic (exact) mass is 218 g/mol. The van der Waals surface area contributed by atoms with E-state index in [1.54, 1.807) is 0 Å². The highest BCUT2D eigenvalue weighted by Gasteiger charge is 2.71. The van der Waals surface area contributed by atoms with E-state index in [-0.39, 0.29) is 0 Å². The predicted molar refractivity (Wildman–Crippen MR) is 60.7 cm³/mol. The number of carbonyl (C=O) groups is 1. The van der Waals surface area contributed by atoms with Gasteiger partial charge in [0.05, 0.1) is 6.61 Å². The molecule has 0 heterocycles. The van der Waals surface area contributed by atoms with Gasteiger partial charge in [0, 0.05) is 17.8 Å². The van der Waals surface area contributed by atoms with E-state index in [1.165, 1.54) is 19.3 Å². The van der Waals surface area contributed by atoms with Crippen molar-refractivity contribution in [3.05, 3.63) is 0 Å². The highest BCUT2D eigenvalue weighted by molar-refractivity contribution is 5.86. The molecule has 0 amide bonds. The van der Waals surface area contributed by atoms with Crippen molar-refractivity contribution in [2.45, 2.75) is 38.5 Å². The standard InChI is InChI=1S/C14H18O2/c1-2-8-16-10-13-5-3-6-14(13)9-11(14)12(15)4-7-13/h1,11H,3-10H2/t11-,13-,14-/m0/s1. The normalized spacial score (nSPS) is 44.7. The number of carbonyl (C=O) groups excluding carboxylic acids is 1. The molecule has 3 aliphatic rings. The summed E-state index contributed by atoms with van der Waals surface area (Å²) in [6, 6.07) is 0. The number of hydrogen-bond donors (Lipinski definition) is 0. The van der Waals surface area contributed by atoms with Gasteiger partial charge in [0.15, 0.2) is 0 Å². The summed E-state index contributed by atoms with van der Waals surface area (Å²) in [5, 5.41) is 0. The predicted octanol–water partition coefficient (Wildman–Crippen LogP) is 2.18. The average Bonchev–Trinajstić information content (AvgIpc) is 2.91. The Labute approximate surface area is 96.7 Å². The van der Waals surface area contributed by atoms with E-state index in [0.29, 0.717) is 29.1 Å². The summed E-state index contributed by atoms with van der Waals surface area (Å²) in [6.07, 6.45) is 11.9. The van der Waals surface area contributed by atoms with Crippen LogP contribution >= 0.6 is 0 Å². The van der Waals surface area contributed by atoms with E-state index in [4.69, 9.17) is 11.2 Å². The van der Waals surface area contributed by atoms with Crippen molar-refractivity contribution in [1.29, 1.82) is 0 Å². The van der Waals surface area contributed by atoms with Gasteiger partial charge in [-0.1, -0.05) is 12.3 Å². The summed E-state index contributed by atoms with van der Waals surface area (Å²) in [5.41, 5.74) is 0.624. The molecule has 0 aliphatic heterocycles. The van der Waals surface area contributed by atoms with Crippen LogP contribution in [0.4, 0.5) is 0 Å². The third-order valence-electron chi connectivity index (χ3n) is 5.21. The van der Waals surface area contributed by atoms with Gasteiger partial charge in [0.2, 0.25) is 0 Å². The number of Topliss-reactive ketones (excluding diaryl/α,β-unsaturated/α-hetero) is 1. The average molecular weight is 218 g/mol. The van der Waals surface area contributed by atoms with E-state index in [2.05, 4.69) is 5.92 Å². The van der Waals surface area contributed by atoms with Gasteiger partial charge in [0.1, 0.15) is 12.4 Å². The molecular formula is C14H18O2. The third-order valence-corrected chi connectivity index (χ3v) is 5.21. The zero-order chi connectivity index (χ0) is 11.2. The number of hydrogen-bond acceptors (Lipinski definition) is 2. The molecule has 3 atom stereocenters. The molecule has 0 aromatic rings. The largest absolute Gasteiger partial charge is 0.368 e. The minimum atomic E-state index is 0.294. The van der Waals surface area contributed by atoms with Gasteiger partial charge in [-0.3, -0.25) is 4.79 Å². The van der Waals surface area contributed by atoms with Gasteiger partial charge in [-0.25, -0.2) is 0 Å². The maximum atomic E-state index is 11.8. The minimum Gasteiger partial charge on any atom is -0.368 e. The van der Waals surface area contributed by atoms with Gasteiger partial charge in [-0.15, -0.1) is 6.42 Å². The molecule has 16 heavy (non-hydrogen) atoms. The van der Waals surface area contributed by atoms with Gasteiger partial charge in [0.25, 0.3) is 0 Å². The fraction of sp³-hybridized carbons (Fsp3) is 0.786. The Morgan fingerprint density at radius 3 is 3.12 bits per heavy atom. The summed E-state index contributed by atoms with van der Waals surface area (Å²) in [6.45, 7) is 1.19. The van der Waals surface area contributed by atoms with Gasteiger partial charge < -0.3 is 4.74 Å². The molecule has 0 N–H and O–H groups in total. The van der Waals surface area contributed by atoms with E-state index < -0.39 is 0 Å². The van der Waals surface area contributed by atoms with E-state index >= 15 is 0 Å². The molecule has 0 unspecified atom stereocenters. The number of ketones is 1. The SMILES string of the molecule is C#CCOC[C@@]12CCC[C@@]13C[C@H]3C(=O)CC2. The van der Waals surface area contributed by atoms with Gasteiger partial charge >= 0.3 is 0 Å². The van der Waals surface area contributed by atoms with Crippen molar-refractivity contribution < 1.29 is 9.53 Å². The molecule has 2 nitrogen and oxygen atoms in total. The van der Waals surface area contributed by atoms with Crippen molar-refractivity contribution in [3.8, 4) is 12.3 Å². The second-order valence-corrected chi connectivity index (χ2v) is 5.71. The quantitative estimate of drug-likeness (QED) is 0.536. The summed E-state index contributed by atoms with van der Waals surface area (Å²) in [4.78, 5) is 11.8. The van der Waals surface area contributed by atoms with Gasteiger partial charge in [-0.2, -0.15) is 0 Å². The van der Waals surface area contributed by atoms with Crippen LogP contribution in [0.25, 0.3) is 0 Å². The molecule has 0 aromatic heterocycles. The molecule has 0 radical (unpaired) electrons. The summed E-state index contributed by atoms with van der Waals surface area (Å²) in [7, 11) is 0. The molecule has 0 bridgehead atoms. The van der Waals surface area contributed by atoms with Crippen LogP contribution in [0.2, 0.25) is 0 Å². The van der Waals surface area contributed by atoms with Crippen LogP contribution in [-0.4, -0.2) is 19.0 Å². The molecule has 0 saturated heterocycles. The molecule has 3 saturated carbocycles. The van der Waals surface area contributed by atoms with Crippen molar-refractivity contribution >= 4 is 5.78 Å². The number of rotatable bonds is 3. The Balaban J connectivity index is 1.78. The van der Waals surface area contributed by atoms with Crippen molar-refractivity contribution in [2.24, 2.45) is 16.7 Å². The molecule has 3 fully saturated rings. The number of terminal acetylenes is 1. The fourth-order valence-corrected chi connectivity index (χ4v) is 4.35. The summed E-state index contributed by atoms with van der Waals surface area (Å²) < 4.78 is 5.61. The van der Waals surface area contributed by atoms with Crippen LogP contribution in [0.1, 0.15) is 38.5 Å². The first kappa shape index (κ1) is 10.4. The Morgan fingerprint density at radius 2 is 2.31 bits per heavy atom. The van der Waals surface area contributed by atoms with Gasteiger partial charge in [-0.05, 0) is 31.1 Å². The topological polar surface area (TPSA) is 26.3 Å². The zero-order valence-electron chi connectivity index (χ0n) is 9.63. The summed E-state index contributed by atoms with van der Waals surface area (Å²) >= 11 is 0. The molecule has 3 aliphatic carbocycles. The van der Waals surface area contributed by atoms with E-state index in [0.717, 1.165) is 25.9 Å². The second kappa shape index (κ2) is 3.34. The lowest BCUT2D eigenvalue weighted by atomic mass is 9.67. The Hall–Kier alpha value is -0.810. The smallest absolute Gasteiger partial charge is 0.136 e. The molecule has 86 valence electrons. The second-order valence-electron chi connectivity index (χ2n) is 5.71. The van der Waals surface area contributed by atoms with Crippen LogP contribution in [-0.2, 0) is 9.53 Å². The zero-order valence-corrected chi connectivity index (χ0v) is 9.63. The molecule has 2 heteroatoms. The third kappa shape index (κ3) is 1.16. The van der Waals surface area contributed by atoms with Crippen molar-refractivity contribution in [1.82, 2.24) is 0 Å². The van der Waals surface area contributed by atoms with Crippen LogP contribution in [0.5, 0.6) is 0 Å². The highest BCUT2D eigenvalue weighted by Crippen LogP contribution is 2.75. The van der Waals surface area contributed by atoms with Crippen LogP contribution in [0, 0.1) is 29.1 Å². The minimum absolute atomic E-state index is 0.294. The molecular weight excluding hydrogens is 200 g/mol. The Bertz CT molecular complexity index is 367. The maximum Gasteiger partial charge on any atom is 0.136 e. The van der Waals surface area contributed by atoms with Crippen LogP contribution in [0.3, 0.4) is 0 Å². The Kier molecular flexibility index (Phi) is 2.16. The first-order chi connectivity index (χ1) is 7.74. The lowest BCUT2D eigenvalue weighted by Gasteiger charge is -2.39.